The predicted molar refractivity (Wildman–Crippen MR) is 82.4 cm³/mol. The number of aliphatic hydroxyl groups is 1. The maximum Gasteiger partial charge on any atom is 0.0957 e. The van der Waals surface area contributed by atoms with Crippen molar-refractivity contribution in [1.82, 2.24) is 9.78 Å². The lowest BCUT2D eigenvalue weighted by atomic mass is 9.90. The van der Waals surface area contributed by atoms with Gasteiger partial charge in [0.05, 0.1) is 21.5 Å². The molecule has 3 rings (SSSR count). The van der Waals surface area contributed by atoms with Gasteiger partial charge < -0.3 is 10.8 Å². The molecule has 20 heavy (non-hydrogen) atoms. The fraction of sp³-hybridized carbons (Fsp3) is 0.400. The molecule has 0 amide bonds. The van der Waals surface area contributed by atoms with E-state index in [0.29, 0.717) is 6.42 Å². The quantitative estimate of drug-likeness (QED) is 0.828. The van der Waals surface area contributed by atoms with Crippen LogP contribution < -0.4 is 5.73 Å². The lowest BCUT2D eigenvalue weighted by molar-refractivity contribution is 0.0369. The molecule has 1 atom stereocenters. The standard InChI is InChI=1S/C15H18BrN3O/c1-9-14(16)13(19(2)18-9)8-15(20)6-5-10-7-11(17)3-4-12(10)15/h3-4,7,20H,5-6,8,17H2,1-2H3. The molecule has 1 aliphatic carbocycles. The summed E-state index contributed by atoms with van der Waals surface area (Å²) in [6.07, 6.45) is 2.15. The van der Waals surface area contributed by atoms with Gasteiger partial charge in [0.1, 0.15) is 0 Å². The molecule has 2 aromatic rings. The summed E-state index contributed by atoms with van der Waals surface area (Å²) in [6.45, 7) is 1.96. The van der Waals surface area contributed by atoms with Crippen LogP contribution in [0.25, 0.3) is 0 Å². The second-order valence-electron chi connectivity index (χ2n) is 5.59. The lowest BCUT2D eigenvalue weighted by Crippen LogP contribution is -2.26. The van der Waals surface area contributed by atoms with E-state index in [1.54, 1.807) is 0 Å². The van der Waals surface area contributed by atoms with Crippen molar-refractivity contribution < 1.29 is 5.11 Å². The number of aromatic nitrogens is 2. The molecule has 1 unspecified atom stereocenters. The van der Waals surface area contributed by atoms with Gasteiger partial charge in [-0.2, -0.15) is 5.10 Å². The van der Waals surface area contributed by atoms with Crippen molar-refractivity contribution in [2.45, 2.75) is 31.8 Å². The monoisotopic (exact) mass is 335 g/mol. The smallest absolute Gasteiger partial charge is 0.0957 e. The maximum atomic E-state index is 11.0. The van der Waals surface area contributed by atoms with Gasteiger partial charge >= 0.3 is 0 Å². The fourth-order valence-corrected chi connectivity index (χ4v) is 3.56. The van der Waals surface area contributed by atoms with Gasteiger partial charge in [0.2, 0.25) is 0 Å². The van der Waals surface area contributed by atoms with Crippen LogP contribution in [0.3, 0.4) is 0 Å². The summed E-state index contributed by atoms with van der Waals surface area (Å²) in [5.41, 5.74) is 9.87. The maximum absolute atomic E-state index is 11.0. The molecule has 0 bridgehead atoms. The molecular weight excluding hydrogens is 318 g/mol. The molecule has 0 aliphatic heterocycles. The number of rotatable bonds is 2. The number of hydrogen-bond acceptors (Lipinski definition) is 3. The van der Waals surface area contributed by atoms with Crippen LogP contribution in [0.15, 0.2) is 22.7 Å². The van der Waals surface area contributed by atoms with E-state index in [1.807, 2.05) is 36.9 Å². The van der Waals surface area contributed by atoms with E-state index < -0.39 is 5.60 Å². The van der Waals surface area contributed by atoms with Crippen LogP contribution in [0.4, 0.5) is 5.69 Å². The zero-order chi connectivity index (χ0) is 14.5. The first-order chi connectivity index (χ1) is 9.40. The van der Waals surface area contributed by atoms with Gasteiger partial charge in [-0.1, -0.05) is 6.07 Å². The highest BCUT2D eigenvalue weighted by molar-refractivity contribution is 9.10. The average molecular weight is 336 g/mol. The Morgan fingerprint density at radius 2 is 2.25 bits per heavy atom. The van der Waals surface area contributed by atoms with E-state index >= 15 is 0 Å². The molecule has 1 aromatic heterocycles. The third-order valence-electron chi connectivity index (χ3n) is 4.16. The second-order valence-corrected chi connectivity index (χ2v) is 6.39. The fourth-order valence-electron chi connectivity index (χ4n) is 3.08. The number of hydrogen-bond donors (Lipinski definition) is 2. The van der Waals surface area contributed by atoms with Crippen LogP contribution in [-0.2, 0) is 25.5 Å². The van der Waals surface area contributed by atoms with E-state index in [2.05, 4.69) is 21.0 Å². The second kappa shape index (κ2) is 4.60. The Balaban J connectivity index is 2.00. The Kier molecular flexibility index (Phi) is 3.14. The van der Waals surface area contributed by atoms with Gasteiger partial charge in [0.15, 0.2) is 0 Å². The molecule has 1 heterocycles. The van der Waals surface area contributed by atoms with Crippen LogP contribution in [-0.4, -0.2) is 14.9 Å². The summed E-state index contributed by atoms with van der Waals surface area (Å²) < 4.78 is 2.82. The van der Waals surface area contributed by atoms with Gasteiger partial charge in [-0.3, -0.25) is 4.68 Å². The number of anilines is 1. The first kappa shape index (κ1) is 13.6. The Labute approximate surface area is 126 Å². The number of nitrogens with two attached hydrogens (primary N) is 1. The van der Waals surface area contributed by atoms with Crippen molar-refractivity contribution in [2.75, 3.05) is 5.73 Å². The molecule has 0 spiro atoms. The van der Waals surface area contributed by atoms with E-state index in [0.717, 1.165) is 45.5 Å². The van der Waals surface area contributed by atoms with Crippen LogP contribution in [0.5, 0.6) is 0 Å². The summed E-state index contributed by atoms with van der Waals surface area (Å²) >= 11 is 3.57. The highest BCUT2D eigenvalue weighted by atomic mass is 79.9. The minimum atomic E-state index is -0.828. The number of benzene rings is 1. The van der Waals surface area contributed by atoms with Crippen LogP contribution in [0.1, 0.15) is 28.9 Å². The van der Waals surface area contributed by atoms with Crippen molar-refractivity contribution in [3.05, 3.63) is 45.2 Å². The Hall–Kier alpha value is -1.33. The first-order valence-corrected chi connectivity index (χ1v) is 7.49. The largest absolute Gasteiger partial charge is 0.399 e. The summed E-state index contributed by atoms with van der Waals surface area (Å²) in [4.78, 5) is 0. The van der Waals surface area contributed by atoms with Crippen LogP contribution in [0, 0.1) is 6.92 Å². The van der Waals surface area contributed by atoms with Gasteiger partial charge in [-0.05, 0) is 59.0 Å². The van der Waals surface area contributed by atoms with Crippen molar-refractivity contribution in [3.63, 3.8) is 0 Å². The van der Waals surface area contributed by atoms with Crippen LogP contribution in [0.2, 0.25) is 0 Å². The predicted octanol–water partition coefficient (Wildman–Crippen LogP) is 2.45. The van der Waals surface area contributed by atoms with Crippen molar-refractivity contribution in [2.24, 2.45) is 7.05 Å². The molecule has 1 aliphatic rings. The van der Waals surface area contributed by atoms with Gasteiger partial charge in [0, 0.05) is 19.2 Å². The Bertz CT molecular complexity index is 680. The lowest BCUT2D eigenvalue weighted by Gasteiger charge is -2.24. The number of aryl methyl sites for hydroxylation is 3. The molecule has 106 valence electrons. The average Bonchev–Trinajstić information content (AvgIpc) is 2.83. The van der Waals surface area contributed by atoms with E-state index in [4.69, 9.17) is 5.73 Å². The van der Waals surface area contributed by atoms with E-state index in [1.165, 1.54) is 0 Å². The molecule has 0 saturated carbocycles. The highest BCUT2D eigenvalue weighted by Gasteiger charge is 2.38. The molecular formula is C15H18BrN3O. The topological polar surface area (TPSA) is 64.1 Å². The van der Waals surface area contributed by atoms with Crippen molar-refractivity contribution in [3.8, 4) is 0 Å². The Morgan fingerprint density at radius 1 is 1.50 bits per heavy atom. The summed E-state index contributed by atoms with van der Waals surface area (Å²) in [6, 6.07) is 5.78. The number of nitrogens with zero attached hydrogens (tertiary/aromatic N) is 2. The van der Waals surface area contributed by atoms with Gasteiger partial charge in [0.25, 0.3) is 0 Å². The Morgan fingerprint density at radius 3 is 2.90 bits per heavy atom. The normalized spacial score (nSPS) is 21.2. The molecule has 0 saturated heterocycles. The van der Waals surface area contributed by atoms with Crippen molar-refractivity contribution in [1.29, 1.82) is 0 Å². The minimum absolute atomic E-state index is 0.557. The SMILES string of the molecule is Cc1nn(C)c(CC2(O)CCc3cc(N)ccc32)c1Br. The minimum Gasteiger partial charge on any atom is -0.399 e. The molecule has 4 nitrogen and oxygen atoms in total. The summed E-state index contributed by atoms with van der Waals surface area (Å²) in [5.74, 6) is 0. The molecule has 0 fully saturated rings. The number of halogens is 1. The third-order valence-corrected chi connectivity index (χ3v) is 5.19. The van der Waals surface area contributed by atoms with Gasteiger partial charge in [-0.15, -0.1) is 0 Å². The zero-order valence-electron chi connectivity index (χ0n) is 11.7. The molecule has 3 N–H and O–H groups in total. The van der Waals surface area contributed by atoms with Crippen molar-refractivity contribution >= 4 is 21.6 Å². The number of nitrogen functional groups attached to an aromatic ring is 1. The third kappa shape index (κ3) is 2.05. The number of fused-ring (bicyclic) bond motifs is 1. The van der Waals surface area contributed by atoms with E-state index in [-0.39, 0.29) is 0 Å². The summed E-state index contributed by atoms with van der Waals surface area (Å²) in [7, 11) is 1.91. The first-order valence-electron chi connectivity index (χ1n) is 6.70. The molecule has 5 heteroatoms. The van der Waals surface area contributed by atoms with Crippen LogP contribution >= 0.6 is 15.9 Å². The van der Waals surface area contributed by atoms with E-state index in [9.17, 15) is 5.11 Å². The summed E-state index contributed by atoms with van der Waals surface area (Å²) in [5, 5.41) is 15.4. The zero-order valence-corrected chi connectivity index (χ0v) is 13.2. The molecule has 0 radical (unpaired) electrons. The van der Waals surface area contributed by atoms with Gasteiger partial charge in [-0.25, -0.2) is 0 Å². The highest BCUT2D eigenvalue weighted by Crippen LogP contribution is 2.41. The molecule has 1 aromatic carbocycles.